The standard InChI is InChI=1S/C20H18OS/c21-22(16-18-10-5-2-6-11-18)20-13-7-12-19(15-20)14-17-8-3-1-4-9-17/h1-13,15H,14,16H2. The van der Waals surface area contributed by atoms with Crippen LogP contribution in [0.5, 0.6) is 0 Å². The van der Waals surface area contributed by atoms with Crippen LogP contribution in [0, 0.1) is 0 Å². The Hall–Kier alpha value is -2.19. The van der Waals surface area contributed by atoms with Crippen molar-refractivity contribution in [2.24, 2.45) is 0 Å². The highest BCUT2D eigenvalue weighted by molar-refractivity contribution is 7.84. The lowest BCUT2D eigenvalue weighted by Crippen LogP contribution is -1.98. The van der Waals surface area contributed by atoms with E-state index in [1.54, 1.807) is 0 Å². The topological polar surface area (TPSA) is 17.1 Å². The Morgan fingerprint density at radius 3 is 1.91 bits per heavy atom. The zero-order valence-corrected chi connectivity index (χ0v) is 13.1. The van der Waals surface area contributed by atoms with Crippen LogP contribution in [0.25, 0.3) is 0 Å². The summed E-state index contributed by atoms with van der Waals surface area (Å²) in [7, 11) is -1.00. The van der Waals surface area contributed by atoms with Gasteiger partial charge in [0.25, 0.3) is 0 Å². The van der Waals surface area contributed by atoms with E-state index in [-0.39, 0.29) is 0 Å². The van der Waals surface area contributed by atoms with E-state index in [2.05, 4.69) is 24.3 Å². The molecule has 1 nitrogen and oxygen atoms in total. The van der Waals surface area contributed by atoms with Crippen LogP contribution in [0.1, 0.15) is 16.7 Å². The smallest absolute Gasteiger partial charge is 0.0574 e. The zero-order chi connectivity index (χ0) is 15.2. The van der Waals surface area contributed by atoms with Gasteiger partial charge in [0.2, 0.25) is 0 Å². The molecule has 0 aromatic heterocycles. The Labute approximate surface area is 134 Å². The average Bonchev–Trinajstić information content (AvgIpc) is 2.57. The van der Waals surface area contributed by atoms with Crippen LogP contribution in [0.2, 0.25) is 0 Å². The number of rotatable bonds is 5. The minimum Gasteiger partial charge on any atom is -0.254 e. The summed E-state index contributed by atoms with van der Waals surface area (Å²) in [4.78, 5) is 0.900. The quantitative estimate of drug-likeness (QED) is 0.674. The monoisotopic (exact) mass is 306 g/mol. The fraction of sp³-hybridized carbons (Fsp3) is 0.100. The van der Waals surface area contributed by atoms with Crippen LogP contribution >= 0.6 is 0 Å². The first-order valence-corrected chi connectivity index (χ1v) is 8.68. The van der Waals surface area contributed by atoms with Crippen molar-refractivity contribution in [2.45, 2.75) is 17.1 Å². The van der Waals surface area contributed by atoms with Gasteiger partial charge >= 0.3 is 0 Å². The second kappa shape index (κ2) is 7.19. The van der Waals surface area contributed by atoms with Gasteiger partial charge < -0.3 is 0 Å². The van der Waals surface area contributed by atoms with Crippen molar-refractivity contribution < 1.29 is 4.21 Å². The zero-order valence-electron chi connectivity index (χ0n) is 12.3. The van der Waals surface area contributed by atoms with Gasteiger partial charge in [-0.05, 0) is 35.2 Å². The summed E-state index contributed by atoms with van der Waals surface area (Å²) in [5.74, 6) is 0.565. The lowest BCUT2D eigenvalue weighted by molar-refractivity contribution is 0.682. The van der Waals surface area contributed by atoms with Crippen molar-refractivity contribution >= 4 is 10.8 Å². The second-order valence-electron chi connectivity index (χ2n) is 5.29. The molecule has 0 bridgehead atoms. The first-order valence-electron chi connectivity index (χ1n) is 7.36. The average molecular weight is 306 g/mol. The number of hydrogen-bond acceptors (Lipinski definition) is 1. The summed E-state index contributed by atoms with van der Waals surface area (Å²) in [6.45, 7) is 0. The van der Waals surface area contributed by atoms with E-state index >= 15 is 0 Å². The molecule has 3 rings (SSSR count). The third-order valence-corrected chi connectivity index (χ3v) is 4.93. The normalized spacial score (nSPS) is 12.0. The maximum atomic E-state index is 12.5. The first-order chi connectivity index (χ1) is 10.8. The molecule has 0 N–H and O–H groups in total. The van der Waals surface area contributed by atoms with Gasteiger partial charge in [0.15, 0.2) is 0 Å². The molecule has 110 valence electrons. The Morgan fingerprint density at radius 2 is 1.23 bits per heavy atom. The first kappa shape index (κ1) is 14.7. The fourth-order valence-electron chi connectivity index (χ4n) is 2.44. The summed E-state index contributed by atoms with van der Waals surface area (Å²) < 4.78 is 12.5. The molecule has 0 saturated heterocycles. The third-order valence-electron chi connectivity index (χ3n) is 3.55. The van der Waals surface area contributed by atoms with Crippen LogP contribution in [0.4, 0.5) is 0 Å². The van der Waals surface area contributed by atoms with Gasteiger partial charge in [-0.15, -0.1) is 0 Å². The predicted molar refractivity (Wildman–Crippen MR) is 92.2 cm³/mol. The summed E-state index contributed by atoms with van der Waals surface area (Å²) in [6, 6.07) is 28.4. The molecule has 2 heteroatoms. The molecule has 0 saturated carbocycles. The molecule has 22 heavy (non-hydrogen) atoms. The Bertz CT molecular complexity index is 751. The lowest BCUT2D eigenvalue weighted by atomic mass is 10.1. The van der Waals surface area contributed by atoms with Gasteiger partial charge in [0.1, 0.15) is 0 Å². The highest BCUT2D eigenvalue weighted by Crippen LogP contribution is 2.16. The van der Waals surface area contributed by atoms with E-state index in [0.717, 1.165) is 16.9 Å². The van der Waals surface area contributed by atoms with Crippen molar-refractivity contribution in [3.63, 3.8) is 0 Å². The van der Waals surface area contributed by atoms with Crippen molar-refractivity contribution in [3.05, 3.63) is 102 Å². The van der Waals surface area contributed by atoms with Crippen molar-refractivity contribution in [3.8, 4) is 0 Å². The number of hydrogen-bond donors (Lipinski definition) is 0. The number of benzene rings is 3. The Balaban J connectivity index is 1.75. The van der Waals surface area contributed by atoms with Crippen LogP contribution in [-0.4, -0.2) is 4.21 Å². The third kappa shape index (κ3) is 3.92. The van der Waals surface area contributed by atoms with Crippen molar-refractivity contribution in [1.82, 2.24) is 0 Å². The predicted octanol–water partition coefficient (Wildman–Crippen LogP) is 4.59. The molecular weight excluding hydrogens is 288 g/mol. The van der Waals surface area contributed by atoms with Gasteiger partial charge in [0.05, 0.1) is 16.6 Å². The molecule has 0 aliphatic carbocycles. The van der Waals surface area contributed by atoms with Crippen LogP contribution in [-0.2, 0) is 23.0 Å². The Morgan fingerprint density at radius 1 is 0.636 bits per heavy atom. The largest absolute Gasteiger partial charge is 0.254 e. The summed E-state index contributed by atoms with van der Waals surface area (Å²) in [5, 5.41) is 0. The molecule has 0 radical (unpaired) electrons. The highest BCUT2D eigenvalue weighted by atomic mass is 32.2. The maximum Gasteiger partial charge on any atom is 0.0574 e. The van der Waals surface area contributed by atoms with Gasteiger partial charge in [-0.25, -0.2) is 0 Å². The van der Waals surface area contributed by atoms with E-state index in [4.69, 9.17) is 0 Å². The maximum absolute atomic E-state index is 12.5. The molecule has 0 fully saturated rings. The van der Waals surface area contributed by atoms with Crippen LogP contribution < -0.4 is 0 Å². The van der Waals surface area contributed by atoms with Crippen LogP contribution in [0.3, 0.4) is 0 Å². The van der Waals surface area contributed by atoms with Gasteiger partial charge in [-0.1, -0.05) is 72.8 Å². The molecule has 3 aromatic rings. The van der Waals surface area contributed by atoms with E-state index in [9.17, 15) is 4.21 Å². The fourth-order valence-corrected chi connectivity index (χ4v) is 3.61. The van der Waals surface area contributed by atoms with E-state index < -0.39 is 10.8 Å². The lowest BCUT2D eigenvalue weighted by Gasteiger charge is -2.06. The molecule has 1 unspecified atom stereocenters. The Kier molecular flexibility index (Phi) is 4.81. The van der Waals surface area contributed by atoms with E-state index in [1.165, 1.54) is 11.1 Å². The molecule has 3 aromatic carbocycles. The van der Waals surface area contributed by atoms with Crippen molar-refractivity contribution in [1.29, 1.82) is 0 Å². The van der Waals surface area contributed by atoms with Gasteiger partial charge in [-0.3, -0.25) is 4.21 Å². The molecule has 1 atom stereocenters. The minimum atomic E-state index is -1.00. The summed E-state index contributed by atoms with van der Waals surface area (Å²) in [5.41, 5.74) is 3.58. The minimum absolute atomic E-state index is 0.565. The van der Waals surface area contributed by atoms with Crippen LogP contribution in [0.15, 0.2) is 89.8 Å². The molecule has 0 aliphatic heterocycles. The summed E-state index contributed by atoms with van der Waals surface area (Å²) in [6.07, 6.45) is 0.872. The van der Waals surface area contributed by atoms with Gasteiger partial charge in [-0.2, -0.15) is 0 Å². The SMILES string of the molecule is O=S(Cc1ccccc1)c1cccc(Cc2ccccc2)c1. The molecule has 0 heterocycles. The molecule has 0 amide bonds. The van der Waals surface area contributed by atoms with Gasteiger partial charge in [0, 0.05) is 4.90 Å². The van der Waals surface area contributed by atoms with E-state index in [0.29, 0.717) is 5.75 Å². The molecule has 0 aliphatic rings. The molecular formula is C20H18OS. The highest BCUT2D eigenvalue weighted by Gasteiger charge is 2.06. The van der Waals surface area contributed by atoms with E-state index in [1.807, 2.05) is 60.7 Å². The molecule has 0 spiro atoms. The van der Waals surface area contributed by atoms with Crippen molar-refractivity contribution in [2.75, 3.05) is 0 Å². The second-order valence-corrected chi connectivity index (χ2v) is 6.74. The summed E-state index contributed by atoms with van der Waals surface area (Å²) >= 11 is 0.